The molecule has 2 aromatic rings. The molecule has 0 aliphatic carbocycles. The number of esters is 2. The quantitative estimate of drug-likeness (QED) is 0.632. The van der Waals surface area contributed by atoms with Gasteiger partial charge in [0.15, 0.2) is 5.65 Å². The summed E-state index contributed by atoms with van der Waals surface area (Å²) in [7, 11) is 1.35. The molecule has 0 N–H and O–H groups in total. The molecule has 0 bridgehead atoms. The Morgan fingerprint density at radius 1 is 1.35 bits per heavy atom. The predicted molar refractivity (Wildman–Crippen MR) is 69.6 cm³/mol. The Balaban J connectivity index is 2.51. The Labute approximate surface area is 128 Å². The molecule has 0 spiro atoms. The zero-order chi connectivity index (χ0) is 17.4. The lowest BCUT2D eigenvalue weighted by atomic mass is 10.1. The summed E-state index contributed by atoms with van der Waals surface area (Å²) in [4.78, 5) is 26.9. The van der Waals surface area contributed by atoms with E-state index in [0.717, 1.165) is 6.20 Å². The first-order valence-electron chi connectivity index (χ1n) is 6.36. The minimum absolute atomic E-state index is 0.176. The molecule has 0 amide bonds. The number of aromatic nitrogens is 3. The molecule has 0 saturated carbocycles. The highest BCUT2D eigenvalue weighted by atomic mass is 19.4. The fourth-order valence-electron chi connectivity index (χ4n) is 1.95. The maximum Gasteiger partial charge on any atom is 0.491 e. The molecule has 2 aromatic heterocycles. The van der Waals surface area contributed by atoms with E-state index in [1.54, 1.807) is 20.0 Å². The molecule has 7 nitrogen and oxygen atoms in total. The third-order valence-electron chi connectivity index (χ3n) is 3.05. The van der Waals surface area contributed by atoms with Crippen molar-refractivity contribution in [2.24, 2.45) is 0 Å². The van der Waals surface area contributed by atoms with Crippen molar-refractivity contribution < 1.29 is 32.2 Å². The van der Waals surface area contributed by atoms with Crippen LogP contribution in [0, 0.1) is 6.92 Å². The van der Waals surface area contributed by atoms with Gasteiger partial charge in [0, 0.05) is 12.7 Å². The van der Waals surface area contributed by atoms with Crippen molar-refractivity contribution >= 4 is 17.6 Å². The number of methoxy groups -OCH3 is 1. The summed E-state index contributed by atoms with van der Waals surface area (Å²) in [5.74, 6) is -4.07. The maximum atomic E-state index is 12.2. The number of halogens is 3. The van der Waals surface area contributed by atoms with Crippen LogP contribution in [-0.4, -0.2) is 39.8 Å². The third kappa shape index (κ3) is 3.31. The van der Waals surface area contributed by atoms with Gasteiger partial charge in [-0.05, 0) is 13.8 Å². The van der Waals surface area contributed by atoms with E-state index in [-0.39, 0.29) is 16.8 Å². The van der Waals surface area contributed by atoms with Crippen LogP contribution in [0.25, 0.3) is 5.65 Å². The van der Waals surface area contributed by atoms with E-state index in [1.165, 1.54) is 11.6 Å². The van der Waals surface area contributed by atoms with Gasteiger partial charge in [0.1, 0.15) is 0 Å². The predicted octanol–water partition coefficient (Wildman–Crippen LogP) is 1.99. The Kier molecular flexibility index (Phi) is 4.37. The first-order valence-corrected chi connectivity index (χ1v) is 6.36. The smallest absolute Gasteiger partial charge is 0.383 e. The highest BCUT2D eigenvalue weighted by Crippen LogP contribution is 2.26. The fourth-order valence-corrected chi connectivity index (χ4v) is 1.95. The summed E-state index contributed by atoms with van der Waals surface area (Å²) >= 11 is 0. The normalized spacial score (nSPS) is 13.1. The number of carbonyl (C=O) groups excluding carboxylic acids is 2. The van der Waals surface area contributed by atoms with E-state index in [9.17, 15) is 22.8 Å². The van der Waals surface area contributed by atoms with Crippen LogP contribution in [-0.2, 0) is 14.3 Å². The van der Waals surface area contributed by atoms with Crippen molar-refractivity contribution in [2.45, 2.75) is 26.1 Å². The van der Waals surface area contributed by atoms with Crippen LogP contribution < -0.4 is 0 Å². The minimum atomic E-state index is -5.27. The van der Waals surface area contributed by atoms with Gasteiger partial charge in [-0.3, -0.25) is 0 Å². The number of aryl methyl sites for hydroxylation is 1. The van der Waals surface area contributed by atoms with Gasteiger partial charge in [-0.2, -0.15) is 18.3 Å². The number of rotatable bonds is 3. The molecule has 0 aliphatic heterocycles. The van der Waals surface area contributed by atoms with E-state index in [1.807, 2.05) is 0 Å². The number of imidazole rings is 1. The van der Waals surface area contributed by atoms with Crippen molar-refractivity contribution in [1.29, 1.82) is 0 Å². The SMILES string of the molecule is CO[C@@H](C)c1c(C(=O)OC(=O)C(F)(F)F)cnn2cc(C)nc12. The molecule has 0 saturated heterocycles. The maximum absolute atomic E-state index is 12.2. The lowest BCUT2D eigenvalue weighted by Gasteiger charge is -2.15. The fraction of sp³-hybridized carbons (Fsp3) is 0.385. The van der Waals surface area contributed by atoms with Crippen LogP contribution in [0.1, 0.15) is 34.6 Å². The van der Waals surface area contributed by atoms with Crippen LogP contribution in [0.15, 0.2) is 12.4 Å². The zero-order valence-electron chi connectivity index (χ0n) is 12.3. The average Bonchev–Trinajstić information content (AvgIpc) is 2.84. The second-order valence-electron chi connectivity index (χ2n) is 4.68. The zero-order valence-corrected chi connectivity index (χ0v) is 12.3. The first-order chi connectivity index (χ1) is 10.6. The molecule has 0 radical (unpaired) electrons. The Bertz CT molecular complexity index is 770. The Hall–Kier alpha value is -2.49. The van der Waals surface area contributed by atoms with Crippen LogP contribution in [0.4, 0.5) is 13.2 Å². The molecular weight excluding hydrogens is 319 g/mol. The molecule has 1 atom stereocenters. The molecule has 23 heavy (non-hydrogen) atoms. The van der Waals surface area contributed by atoms with E-state index < -0.39 is 24.2 Å². The summed E-state index contributed by atoms with van der Waals surface area (Å²) in [5.41, 5.74) is 0.662. The molecule has 0 aliphatic rings. The van der Waals surface area contributed by atoms with Crippen LogP contribution >= 0.6 is 0 Å². The van der Waals surface area contributed by atoms with Crippen LogP contribution in [0.2, 0.25) is 0 Å². The summed E-state index contributed by atoms with van der Waals surface area (Å²) in [6.07, 6.45) is -3.39. The van der Waals surface area contributed by atoms with Crippen molar-refractivity contribution in [3.8, 4) is 0 Å². The van der Waals surface area contributed by atoms with E-state index in [0.29, 0.717) is 5.69 Å². The second-order valence-corrected chi connectivity index (χ2v) is 4.68. The summed E-state index contributed by atoms with van der Waals surface area (Å²) in [5, 5.41) is 3.88. The third-order valence-corrected chi connectivity index (χ3v) is 3.05. The monoisotopic (exact) mass is 331 g/mol. The van der Waals surface area contributed by atoms with Gasteiger partial charge in [-0.1, -0.05) is 0 Å². The molecule has 124 valence electrons. The van der Waals surface area contributed by atoms with Gasteiger partial charge in [-0.15, -0.1) is 0 Å². The Morgan fingerprint density at radius 2 is 2.00 bits per heavy atom. The minimum Gasteiger partial charge on any atom is -0.383 e. The largest absolute Gasteiger partial charge is 0.491 e. The van der Waals surface area contributed by atoms with Gasteiger partial charge >= 0.3 is 18.1 Å². The van der Waals surface area contributed by atoms with Crippen LogP contribution in [0.3, 0.4) is 0 Å². The lowest BCUT2D eigenvalue weighted by Crippen LogP contribution is -2.28. The average molecular weight is 331 g/mol. The van der Waals surface area contributed by atoms with Crippen molar-refractivity contribution in [3.05, 3.63) is 29.2 Å². The van der Waals surface area contributed by atoms with Crippen LogP contribution in [0.5, 0.6) is 0 Å². The topological polar surface area (TPSA) is 82.8 Å². The molecule has 2 heterocycles. The molecule has 2 rings (SSSR count). The summed E-state index contributed by atoms with van der Waals surface area (Å²) in [6.45, 7) is 3.25. The number of ether oxygens (including phenoxy) is 2. The highest BCUT2D eigenvalue weighted by Gasteiger charge is 2.43. The Morgan fingerprint density at radius 3 is 2.57 bits per heavy atom. The highest BCUT2D eigenvalue weighted by molar-refractivity contribution is 6.00. The summed E-state index contributed by atoms with van der Waals surface area (Å²) < 4.78 is 47.0. The van der Waals surface area contributed by atoms with Gasteiger partial charge in [0.25, 0.3) is 0 Å². The van der Waals surface area contributed by atoms with Gasteiger partial charge in [0.05, 0.1) is 29.8 Å². The number of hydrogen-bond donors (Lipinski definition) is 0. The number of fused-ring (bicyclic) bond motifs is 1. The number of hydrogen-bond acceptors (Lipinski definition) is 6. The molecule has 0 unspecified atom stereocenters. The second kappa shape index (κ2) is 5.95. The molecule has 0 fully saturated rings. The van der Waals surface area contributed by atoms with Crippen molar-refractivity contribution in [1.82, 2.24) is 14.6 Å². The van der Waals surface area contributed by atoms with Crippen molar-refractivity contribution in [3.63, 3.8) is 0 Å². The molecular formula is C13H12F3N3O4. The lowest BCUT2D eigenvalue weighted by molar-refractivity contribution is -0.193. The number of nitrogens with zero attached hydrogens (tertiary/aromatic N) is 3. The van der Waals surface area contributed by atoms with Gasteiger partial charge < -0.3 is 9.47 Å². The van der Waals surface area contributed by atoms with Crippen molar-refractivity contribution in [2.75, 3.05) is 7.11 Å². The first kappa shape index (κ1) is 16.9. The standard InChI is InChI=1S/C13H12F3N3O4/c1-6-5-19-10(18-6)9(7(2)22-3)8(4-17-19)11(20)23-12(21)13(14,15)16/h4-5,7H,1-3H3/t7-/m0/s1. The van der Waals surface area contributed by atoms with Gasteiger partial charge in [0.2, 0.25) is 0 Å². The number of alkyl halides is 3. The van der Waals surface area contributed by atoms with Gasteiger partial charge in [-0.25, -0.2) is 19.1 Å². The number of carbonyl (C=O) groups is 2. The molecule has 0 aromatic carbocycles. The van der Waals surface area contributed by atoms with E-state index in [2.05, 4.69) is 14.8 Å². The molecule has 10 heteroatoms. The summed E-state index contributed by atoms with van der Waals surface area (Å²) in [6, 6.07) is 0. The van der Waals surface area contributed by atoms with E-state index >= 15 is 0 Å². The van der Waals surface area contributed by atoms with E-state index in [4.69, 9.17) is 4.74 Å².